The summed E-state index contributed by atoms with van der Waals surface area (Å²) in [6.07, 6.45) is 0.998. The van der Waals surface area contributed by atoms with Gasteiger partial charge in [0.2, 0.25) is 5.91 Å². The third kappa shape index (κ3) is 4.02. The van der Waals surface area contributed by atoms with Crippen molar-refractivity contribution in [3.63, 3.8) is 0 Å². The van der Waals surface area contributed by atoms with Gasteiger partial charge in [-0.15, -0.1) is 0 Å². The smallest absolute Gasteiger partial charge is 0.341 e. The Balaban J connectivity index is 2.37. The van der Waals surface area contributed by atoms with Gasteiger partial charge >= 0.3 is 5.97 Å². The number of benzene rings is 2. The molecule has 0 saturated heterocycles. The number of aliphatic carboxylic acids is 1. The minimum Gasteiger partial charge on any atom is -0.481 e. The van der Waals surface area contributed by atoms with Crippen LogP contribution in [0.3, 0.4) is 0 Å². The van der Waals surface area contributed by atoms with Gasteiger partial charge in [-0.25, -0.2) is 13.2 Å². The molecule has 7 nitrogen and oxygen atoms in total. The number of anilines is 1. The number of sulfone groups is 1. The fourth-order valence-corrected chi connectivity index (χ4v) is 2.52. The number of hydrogen-bond acceptors (Lipinski definition) is 5. The van der Waals surface area contributed by atoms with Crippen molar-refractivity contribution in [3.8, 4) is 5.75 Å². The first kappa shape index (κ1) is 17.7. The fourth-order valence-electron chi connectivity index (χ4n) is 2.07. The summed E-state index contributed by atoms with van der Waals surface area (Å²) in [5.74, 6) is -1.37. The normalized spacial score (nSPS) is 12.6. The van der Waals surface area contributed by atoms with Gasteiger partial charge in [0.15, 0.2) is 16.4 Å². The van der Waals surface area contributed by atoms with Gasteiger partial charge in [-0.1, -0.05) is 24.3 Å². The zero-order chi connectivity index (χ0) is 17.9. The molecule has 2 N–H and O–H groups in total. The third-order valence-corrected chi connectivity index (χ3v) is 5.00. The lowest BCUT2D eigenvalue weighted by molar-refractivity contribution is -0.139. The molecule has 8 heteroatoms. The first-order valence-electron chi connectivity index (χ1n) is 7.06. The molecule has 128 valence electrons. The van der Waals surface area contributed by atoms with E-state index >= 15 is 0 Å². The molecule has 0 aromatic heterocycles. The van der Waals surface area contributed by atoms with E-state index in [1.165, 1.54) is 13.0 Å². The second-order valence-corrected chi connectivity index (χ2v) is 7.67. The van der Waals surface area contributed by atoms with Crippen LogP contribution in [0.5, 0.6) is 5.75 Å². The SMILES string of the molecule is CC(C(=O)Nc1ccc(OCC(=O)O)c2ccccc12)S(C)(=O)=O. The van der Waals surface area contributed by atoms with Crippen LogP contribution in [0.1, 0.15) is 6.92 Å². The van der Waals surface area contributed by atoms with Crippen molar-refractivity contribution in [3.05, 3.63) is 36.4 Å². The molecule has 2 aromatic carbocycles. The van der Waals surface area contributed by atoms with Crippen LogP contribution in [0.15, 0.2) is 36.4 Å². The van der Waals surface area contributed by atoms with Crippen molar-refractivity contribution in [2.24, 2.45) is 0 Å². The molecule has 0 spiro atoms. The van der Waals surface area contributed by atoms with E-state index in [1.807, 2.05) is 0 Å². The number of rotatable bonds is 6. The lowest BCUT2D eigenvalue weighted by atomic mass is 10.1. The summed E-state index contributed by atoms with van der Waals surface area (Å²) < 4.78 is 28.2. The number of fused-ring (bicyclic) bond motifs is 1. The largest absolute Gasteiger partial charge is 0.481 e. The van der Waals surface area contributed by atoms with Gasteiger partial charge in [-0.2, -0.15) is 0 Å². The van der Waals surface area contributed by atoms with Crippen molar-refractivity contribution in [2.75, 3.05) is 18.2 Å². The Kier molecular flexibility index (Phi) is 5.08. The summed E-state index contributed by atoms with van der Waals surface area (Å²) in [6, 6.07) is 10.0. The molecule has 0 bridgehead atoms. The van der Waals surface area contributed by atoms with Gasteiger partial charge in [0.05, 0.1) is 0 Å². The van der Waals surface area contributed by atoms with Gasteiger partial charge < -0.3 is 15.2 Å². The molecule has 0 fully saturated rings. The van der Waals surface area contributed by atoms with Crippen molar-refractivity contribution >= 4 is 38.2 Å². The van der Waals surface area contributed by atoms with Crippen molar-refractivity contribution in [2.45, 2.75) is 12.2 Å². The number of nitrogens with one attached hydrogen (secondary N) is 1. The third-order valence-electron chi connectivity index (χ3n) is 3.50. The predicted molar refractivity (Wildman–Crippen MR) is 90.0 cm³/mol. The number of carboxylic acid groups (broad SMARTS) is 1. The van der Waals surface area contributed by atoms with Gasteiger partial charge in [-0.3, -0.25) is 4.79 Å². The Morgan fingerprint density at radius 3 is 2.38 bits per heavy atom. The second-order valence-electron chi connectivity index (χ2n) is 5.30. The molecule has 0 aliphatic rings. The van der Waals surface area contributed by atoms with E-state index < -0.39 is 33.6 Å². The minimum atomic E-state index is -3.50. The summed E-state index contributed by atoms with van der Waals surface area (Å²) in [5, 5.41) is 11.4. The molecule has 0 radical (unpaired) electrons. The summed E-state index contributed by atoms with van der Waals surface area (Å²) in [7, 11) is -3.50. The van der Waals surface area contributed by atoms with Gasteiger partial charge in [0.25, 0.3) is 0 Å². The Labute approximate surface area is 139 Å². The first-order valence-corrected chi connectivity index (χ1v) is 9.01. The molecule has 0 saturated carbocycles. The highest BCUT2D eigenvalue weighted by atomic mass is 32.2. The summed E-state index contributed by atoms with van der Waals surface area (Å²) >= 11 is 0. The van der Waals surface area contributed by atoms with E-state index in [2.05, 4.69) is 5.32 Å². The molecular weight excluding hydrogens is 334 g/mol. The topological polar surface area (TPSA) is 110 Å². The monoisotopic (exact) mass is 351 g/mol. The van der Waals surface area contributed by atoms with E-state index in [0.717, 1.165) is 6.26 Å². The Hall–Kier alpha value is -2.61. The maximum Gasteiger partial charge on any atom is 0.341 e. The molecule has 24 heavy (non-hydrogen) atoms. The maximum atomic E-state index is 12.1. The Bertz CT molecular complexity index is 891. The first-order chi connectivity index (χ1) is 11.2. The summed E-state index contributed by atoms with van der Waals surface area (Å²) in [5.41, 5.74) is 0.425. The number of carboxylic acids is 1. The molecule has 0 aliphatic heterocycles. The fraction of sp³-hybridized carbons (Fsp3) is 0.250. The van der Waals surface area contributed by atoms with Crippen molar-refractivity contribution in [1.82, 2.24) is 0 Å². The quantitative estimate of drug-likeness (QED) is 0.819. The Morgan fingerprint density at radius 1 is 1.17 bits per heavy atom. The van der Waals surface area contributed by atoms with Crippen LogP contribution in [-0.4, -0.2) is 43.5 Å². The molecule has 1 atom stereocenters. The van der Waals surface area contributed by atoms with E-state index in [4.69, 9.17) is 9.84 Å². The number of ether oxygens (including phenoxy) is 1. The van der Waals surface area contributed by atoms with Crippen LogP contribution >= 0.6 is 0 Å². The number of carbonyl (C=O) groups excluding carboxylic acids is 1. The highest BCUT2D eigenvalue weighted by molar-refractivity contribution is 7.92. The average Bonchev–Trinajstić information content (AvgIpc) is 2.52. The van der Waals surface area contributed by atoms with E-state index in [9.17, 15) is 18.0 Å². The highest BCUT2D eigenvalue weighted by Crippen LogP contribution is 2.31. The standard InChI is InChI=1S/C16H17NO6S/c1-10(24(2,21)22)16(20)17-13-7-8-14(23-9-15(18)19)12-6-4-3-5-11(12)13/h3-8,10H,9H2,1-2H3,(H,17,20)(H,18,19). The van der Waals surface area contributed by atoms with Crippen molar-refractivity contribution in [1.29, 1.82) is 0 Å². The van der Waals surface area contributed by atoms with Gasteiger partial charge in [-0.05, 0) is 19.1 Å². The van der Waals surface area contributed by atoms with E-state index in [0.29, 0.717) is 22.2 Å². The maximum absolute atomic E-state index is 12.1. The van der Waals surface area contributed by atoms with Crippen LogP contribution in [-0.2, 0) is 19.4 Å². The lowest BCUT2D eigenvalue weighted by Crippen LogP contribution is -2.31. The summed E-state index contributed by atoms with van der Waals surface area (Å²) in [4.78, 5) is 22.8. The summed E-state index contributed by atoms with van der Waals surface area (Å²) in [6.45, 7) is 0.831. The molecular formula is C16H17NO6S. The number of amides is 1. The average molecular weight is 351 g/mol. The van der Waals surface area contributed by atoms with Crippen molar-refractivity contribution < 1.29 is 27.9 Å². The van der Waals surface area contributed by atoms with E-state index in [-0.39, 0.29) is 0 Å². The zero-order valence-corrected chi connectivity index (χ0v) is 14.0. The van der Waals surface area contributed by atoms with Crippen LogP contribution in [0.4, 0.5) is 5.69 Å². The molecule has 2 rings (SSSR count). The number of carbonyl (C=O) groups is 2. The van der Waals surface area contributed by atoms with Crippen LogP contribution in [0.2, 0.25) is 0 Å². The lowest BCUT2D eigenvalue weighted by Gasteiger charge is -2.14. The molecule has 1 unspecified atom stereocenters. The second kappa shape index (κ2) is 6.88. The zero-order valence-electron chi connectivity index (χ0n) is 13.1. The van der Waals surface area contributed by atoms with Gasteiger partial charge in [0.1, 0.15) is 11.0 Å². The molecule has 1 amide bonds. The molecule has 0 heterocycles. The van der Waals surface area contributed by atoms with Gasteiger partial charge in [0, 0.05) is 22.7 Å². The number of hydrogen-bond donors (Lipinski definition) is 2. The van der Waals surface area contributed by atoms with Crippen LogP contribution in [0, 0.1) is 0 Å². The predicted octanol–water partition coefficient (Wildman–Crippen LogP) is 1.67. The molecule has 2 aromatic rings. The minimum absolute atomic E-state index is 0.363. The highest BCUT2D eigenvalue weighted by Gasteiger charge is 2.24. The van der Waals surface area contributed by atoms with Crippen LogP contribution < -0.4 is 10.1 Å². The van der Waals surface area contributed by atoms with Crippen LogP contribution in [0.25, 0.3) is 10.8 Å². The van der Waals surface area contributed by atoms with E-state index in [1.54, 1.807) is 30.3 Å². The molecule has 0 aliphatic carbocycles. The Morgan fingerprint density at radius 2 is 1.79 bits per heavy atom.